The number of urea groups is 1. The first-order chi connectivity index (χ1) is 12.6. The van der Waals surface area contributed by atoms with Crippen molar-refractivity contribution in [3.63, 3.8) is 0 Å². The fraction of sp³-hybridized carbons (Fsp3) is 0.421. The summed E-state index contributed by atoms with van der Waals surface area (Å²) >= 11 is 1.59. The summed E-state index contributed by atoms with van der Waals surface area (Å²) in [4.78, 5) is 31.1. The van der Waals surface area contributed by atoms with Crippen molar-refractivity contribution in [2.75, 3.05) is 18.4 Å². The Labute approximate surface area is 157 Å². The predicted molar refractivity (Wildman–Crippen MR) is 104 cm³/mol. The molecule has 1 aromatic heterocycles. The number of thiazole rings is 1. The van der Waals surface area contributed by atoms with Crippen LogP contribution >= 0.6 is 11.3 Å². The molecule has 0 aliphatic carbocycles. The van der Waals surface area contributed by atoms with Gasteiger partial charge in [-0.2, -0.15) is 0 Å². The molecule has 7 heteroatoms. The van der Waals surface area contributed by atoms with Crippen molar-refractivity contribution in [3.05, 3.63) is 45.9 Å². The minimum absolute atomic E-state index is 0.0404. The molecule has 1 fully saturated rings. The van der Waals surface area contributed by atoms with Gasteiger partial charge in [0.15, 0.2) is 0 Å². The molecule has 1 saturated heterocycles. The van der Waals surface area contributed by atoms with Crippen molar-refractivity contribution in [3.8, 4) is 0 Å². The third-order valence-corrected chi connectivity index (χ3v) is 5.44. The monoisotopic (exact) mass is 372 g/mol. The molecule has 3 amide bonds. The average molecular weight is 372 g/mol. The van der Waals surface area contributed by atoms with E-state index in [1.54, 1.807) is 35.7 Å². The molecule has 1 aliphatic heterocycles. The van der Waals surface area contributed by atoms with Crippen molar-refractivity contribution in [2.24, 2.45) is 0 Å². The van der Waals surface area contributed by atoms with E-state index in [-0.39, 0.29) is 18.0 Å². The number of aromatic nitrogens is 1. The molecule has 3 rings (SSSR count). The summed E-state index contributed by atoms with van der Waals surface area (Å²) in [6, 6.07) is 5.26. The molecule has 0 bridgehead atoms. The van der Waals surface area contributed by atoms with Gasteiger partial charge in [0.1, 0.15) is 5.01 Å². The number of anilines is 1. The topological polar surface area (TPSA) is 74.3 Å². The number of carbonyl (C=O) groups excluding carboxylic acids is 2. The molecular formula is C19H24N4O2S. The Bertz CT molecular complexity index is 776. The summed E-state index contributed by atoms with van der Waals surface area (Å²) < 4.78 is 0. The van der Waals surface area contributed by atoms with Crippen molar-refractivity contribution >= 4 is 29.0 Å². The summed E-state index contributed by atoms with van der Waals surface area (Å²) in [5.74, 6) is -0.103. The molecule has 1 aromatic carbocycles. The number of hydrogen-bond donors (Lipinski definition) is 2. The van der Waals surface area contributed by atoms with E-state index in [9.17, 15) is 9.59 Å². The van der Waals surface area contributed by atoms with Crippen molar-refractivity contribution < 1.29 is 9.59 Å². The third-order valence-electron chi connectivity index (χ3n) is 4.57. The lowest BCUT2D eigenvalue weighted by molar-refractivity contribution is 0.0955. The number of amides is 3. The van der Waals surface area contributed by atoms with Crippen LogP contribution < -0.4 is 10.6 Å². The summed E-state index contributed by atoms with van der Waals surface area (Å²) in [5.41, 5.74) is 2.19. The van der Waals surface area contributed by atoms with E-state index in [1.165, 1.54) is 0 Å². The van der Waals surface area contributed by atoms with E-state index in [1.807, 2.05) is 24.1 Å². The number of carbonyl (C=O) groups is 2. The zero-order chi connectivity index (χ0) is 18.5. The number of nitrogens with zero attached hydrogens (tertiary/aromatic N) is 2. The number of hydrogen-bond acceptors (Lipinski definition) is 4. The molecule has 0 saturated carbocycles. The van der Waals surface area contributed by atoms with E-state index >= 15 is 0 Å². The minimum atomic E-state index is -0.112. The highest BCUT2D eigenvalue weighted by Gasteiger charge is 2.29. The highest BCUT2D eigenvalue weighted by molar-refractivity contribution is 7.09. The fourth-order valence-corrected chi connectivity index (χ4v) is 4.01. The van der Waals surface area contributed by atoms with Gasteiger partial charge in [-0.25, -0.2) is 9.78 Å². The highest BCUT2D eigenvalue weighted by Crippen LogP contribution is 2.32. The maximum atomic E-state index is 12.9. The van der Waals surface area contributed by atoms with Gasteiger partial charge < -0.3 is 15.5 Å². The molecule has 2 heterocycles. The van der Waals surface area contributed by atoms with Crippen LogP contribution in [0.2, 0.25) is 0 Å². The van der Waals surface area contributed by atoms with E-state index in [4.69, 9.17) is 0 Å². The Balaban J connectivity index is 1.73. The van der Waals surface area contributed by atoms with E-state index in [2.05, 4.69) is 15.6 Å². The van der Waals surface area contributed by atoms with Gasteiger partial charge in [-0.1, -0.05) is 0 Å². The van der Waals surface area contributed by atoms with Crippen LogP contribution in [0.25, 0.3) is 0 Å². The Morgan fingerprint density at radius 3 is 2.88 bits per heavy atom. The first-order valence-corrected chi connectivity index (χ1v) is 9.84. The number of benzene rings is 1. The van der Waals surface area contributed by atoms with Crippen LogP contribution in [0.1, 0.15) is 53.2 Å². The second-order valence-electron chi connectivity index (χ2n) is 6.39. The average Bonchev–Trinajstić information content (AvgIpc) is 3.18. The fourth-order valence-electron chi connectivity index (χ4n) is 3.23. The first kappa shape index (κ1) is 18.4. The summed E-state index contributed by atoms with van der Waals surface area (Å²) in [5, 5.41) is 8.72. The molecule has 2 aromatic rings. The lowest BCUT2D eigenvalue weighted by Crippen LogP contribution is -2.41. The van der Waals surface area contributed by atoms with Crippen molar-refractivity contribution in [1.29, 1.82) is 0 Å². The maximum Gasteiger partial charge on any atom is 0.322 e. The van der Waals surface area contributed by atoms with Gasteiger partial charge in [-0.05, 0) is 56.9 Å². The number of piperidine rings is 1. The molecule has 26 heavy (non-hydrogen) atoms. The zero-order valence-electron chi connectivity index (χ0n) is 15.1. The molecule has 1 atom stereocenters. The Kier molecular flexibility index (Phi) is 5.88. The van der Waals surface area contributed by atoms with Crippen LogP contribution in [-0.4, -0.2) is 34.9 Å². The van der Waals surface area contributed by atoms with E-state index < -0.39 is 0 Å². The first-order valence-electron chi connectivity index (χ1n) is 8.96. The molecule has 0 radical (unpaired) electrons. The largest absolute Gasteiger partial charge is 0.352 e. The van der Waals surface area contributed by atoms with Gasteiger partial charge in [-0.15, -0.1) is 11.3 Å². The predicted octanol–water partition coefficient (Wildman–Crippen LogP) is 3.96. The zero-order valence-corrected chi connectivity index (χ0v) is 15.9. The van der Waals surface area contributed by atoms with E-state index in [0.29, 0.717) is 12.1 Å². The molecule has 1 unspecified atom stereocenters. The van der Waals surface area contributed by atoms with Crippen LogP contribution in [0.4, 0.5) is 10.5 Å². The second kappa shape index (κ2) is 8.31. The van der Waals surface area contributed by atoms with Gasteiger partial charge in [0, 0.05) is 35.9 Å². The standard InChI is InChI=1S/C19H24N4O2S/c1-3-20-17(24)14-7-8-15(13(2)12-14)22-19(25)23-10-5-4-6-16(23)18-21-9-11-26-18/h7-9,11-12,16H,3-6,10H2,1-2H3,(H,20,24)(H,22,25). The SMILES string of the molecule is CCNC(=O)c1ccc(NC(=O)N2CCCCC2c2nccs2)c(C)c1. The quantitative estimate of drug-likeness (QED) is 0.853. The minimum Gasteiger partial charge on any atom is -0.352 e. The smallest absolute Gasteiger partial charge is 0.322 e. The van der Waals surface area contributed by atoms with Crippen molar-refractivity contribution in [2.45, 2.75) is 39.2 Å². The highest BCUT2D eigenvalue weighted by atomic mass is 32.1. The van der Waals surface area contributed by atoms with Crippen LogP contribution in [0.15, 0.2) is 29.8 Å². The molecular weight excluding hydrogens is 348 g/mol. The Morgan fingerprint density at radius 1 is 1.35 bits per heavy atom. The summed E-state index contributed by atoms with van der Waals surface area (Å²) in [6.07, 6.45) is 4.84. The summed E-state index contributed by atoms with van der Waals surface area (Å²) in [7, 11) is 0. The molecule has 138 valence electrons. The number of nitrogens with one attached hydrogen (secondary N) is 2. The Morgan fingerprint density at radius 2 is 2.19 bits per heavy atom. The number of rotatable bonds is 4. The van der Waals surface area contributed by atoms with Crippen LogP contribution in [0.3, 0.4) is 0 Å². The maximum absolute atomic E-state index is 12.9. The lowest BCUT2D eigenvalue weighted by atomic mass is 10.0. The molecule has 6 nitrogen and oxygen atoms in total. The van der Waals surface area contributed by atoms with Crippen LogP contribution in [0.5, 0.6) is 0 Å². The van der Waals surface area contributed by atoms with Crippen LogP contribution in [-0.2, 0) is 0 Å². The van der Waals surface area contributed by atoms with Crippen molar-refractivity contribution in [1.82, 2.24) is 15.2 Å². The van der Waals surface area contributed by atoms with Gasteiger partial charge >= 0.3 is 6.03 Å². The second-order valence-corrected chi connectivity index (χ2v) is 7.32. The lowest BCUT2D eigenvalue weighted by Gasteiger charge is -2.34. The van der Waals surface area contributed by atoms with Gasteiger partial charge in [0.2, 0.25) is 0 Å². The summed E-state index contributed by atoms with van der Waals surface area (Å²) in [6.45, 7) is 5.10. The van der Waals surface area contributed by atoms with Crippen LogP contribution in [0, 0.1) is 6.92 Å². The van der Waals surface area contributed by atoms with Gasteiger partial charge in [-0.3, -0.25) is 4.79 Å². The molecule has 0 spiro atoms. The normalized spacial score (nSPS) is 17.0. The van der Waals surface area contributed by atoms with E-state index in [0.717, 1.165) is 42.1 Å². The number of aryl methyl sites for hydroxylation is 1. The molecule has 2 N–H and O–H groups in total. The Hall–Kier alpha value is -2.41. The van der Waals surface area contributed by atoms with Gasteiger partial charge in [0.05, 0.1) is 6.04 Å². The van der Waals surface area contributed by atoms with Gasteiger partial charge in [0.25, 0.3) is 5.91 Å². The third kappa shape index (κ3) is 4.04. The number of likely N-dealkylation sites (tertiary alicyclic amines) is 1. The molecule has 1 aliphatic rings.